The maximum absolute atomic E-state index is 12.9. The highest BCUT2D eigenvalue weighted by Gasteiger charge is 2.40. The number of rotatable bonds is 3. The summed E-state index contributed by atoms with van der Waals surface area (Å²) in [7, 11) is -1.61. The predicted molar refractivity (Wildman–Crippen MR) is 81.9 cm³/mol. The molecular formula is C15H22N2O3S. The molecule has 1 aromatic rings. The van der Waals surface area contributed by atoms with Crippen molar-refractivity contribution >= 4 is 15.7 Å². The molecule has 0 bridgehead atoms. The minimum absolute atomic E-state index is 0.00137. The third-order valence-electron chi connectivity index (χ3n) is 4.43. The molecular weight excluding hydrogens is 288 g/mol. The number of anilines is 1. The van der Waals surface area contributed by atoms with Crippen LogP contribution in [0.15, 0.2) is 29.2 Å². The average Bonchev–Trinajstić information content (AvgIpc) is 2.54. The van der Waals surface area contributed by atoms with Gasteiger partial charge in [0, 0.05) is 19.3 Å². The zero-order valence-corrected chi connectivity index (χ0v) is 13.1. The van der Waals surface area contributed by atoms with Gasteiger partial charge in [0.2, 0.25) is 10.0 Å². The summed E-state index contributed by atoms with van der Waals surface area (Å²) in [5, 5.41) is 3.00. The second kappa shape index (κ2) is 5.94. The zero-order valence-electron chi connectivity index (χ0n) is 12.3. The van der Waals surface area contributed by atoms with E-state index in [4.69, 9.17) is 4.74 Å². The number of ether oxygens (including phenoxy) is 1. The fourth-order valence-corrected chi connectivity index (χ4v) is 4.95. The number of hydrogen-bond donors (Lipinski definition) is 1. The highest BCUT2D eigenvalue weighted by atomic mass is 32.2. The van der Waals surface area contributed by atoms with E-state index in [2.05, 4.69) is 5.32 Å². The van der Waals surface area contributed by atoms with Crippen LogP contribution in [0.1, 0.15) is 25.7 Å². The van der Waals surface area contributed by atoms with E-state index in [-0.39, 0.29) is 12.1 Å². The molecule has 2 fully saturated rings. The van der Waals surface area contributed by atoms with Crippen LogP contribution in [0.2, 0.25) is 0 Å². The minimum atomic E-state index is -3.43. The van der Waals surface area contributed by atoms with E-state index in [1.807, 2.05) is 7.05 Å². The summed E-state index contributed by atoms with van der Waals surface area (Å²) < 4.78 is 33.2. The van der Waals surface area contributed by atoms with Gasteiger partial charge in [0.1, 0.15) is 0 Å². The Kier molecular flexibility index (Phi) is 4.19. The number of hydrogen-bond acceptors (Lipinski definition) is 4. The second-order valence-electron chi connectivity index (χ2n) is 5.65. The van der Waals surface area contributed by atoms with Gasteiger partial charge in [0.05, 0.1) is 23.6 Å². The Balaban J connectivity index is 1.88. The van der Waals surface area contributed by atoms with Gasteiger partial charge < -0.3 is 10.1 Å². The summed E-state index contributed by atoms with van der Waals surface area (Å²) in [5.41, 5.74) is 0.909. The number of sulfonamides is 1. The van der Waals surface area contributed by atoms with Gasteiger partial charge in [-0.1, -0.05) is 12.8 Å². The fraction of sp³-hybridized carbons (Fsp3) is 0.600. The van der Waals surface area contributed by atoms with Crippen molar-refractivity contribution in [3.8, 4) is 0 Å². The van der Waals surface area contributed by atoms with Crippen molar-refractivity contribution in [1.82, 2.24) is 4.31 Å². The van der Waals surface area contributed by atoms with E-state index in [1.54, 1.807) is 28.6 Å². The first kappa shape index (κ1) is 14.8. The second-order valence-corrected chi connectivity index (χ2v) is 7.54. The third-order valence-corrected chi connectivity index (χ3v) is 6.37. The van der Waals surface area contributed by atoms with Gasteiger partial charge in [0.25, 0.3) is 0 Å². The molecule has 0 aromatic heterocycles. The Hall–Kier alpha value is -1.11. The van der Waals surface area contributed by atoms with Crippen LogP contribution in [0, 0.1) is 0 Å². The van der Waals surface area contributed by atoms with Crippen molar-refractivity contribution in [1.29, 1.82) is 0 Å². The van der Waals surface area contributed by atoms with Gasteiger partial charge in [-0.15, -0.1) is 0 Å². The molecule has 1 aromatic carbocycles. The molecule has 1 aliphatic heterocycles. The highest BCUT2D eigenvalue weighted by Crippen LogP contribution is 2.32. The standard InChI is InChI=1S/C15H22N2O3S/c1-16-12-6-8-13(9-7-12)21(18,19)17-10-11-20-15-5-3-2-4-14(15)17/h6-9,14-16H,2-5,10-11H2,1H3. The van der Waals surface area contributed by atoms with Gasteiger partial charge >= 0.3 is 0 Å². The van der Waals surface area contributed by atoms with Crippen LogP contribution >= 0.6 is 0 Å². The summed E-state index contributed by atoms with van der Waals surface area (Å²) in [6, 6.07) is 6.95. The van der Waals surface area contributed by atoms with Gasteiger partial charge in [-0.05, 0) is 37.1 Å². The summed E-state index contributed by atoms with van der Waals surface area (Å²) in [5.74, 6) is 0. The molecule has 6 heteroatoms. The van der Waals surface area contributed by atoms with E-state index in [0.29, 0.717) is 18.0 Å². The Morgan fingerprint density at radius 1 is 1.19 bits per heavy atom. The van der Waals surface area contributed by atoms with Gasteiger partial charge in [-0.2, -0.15) is 4.31 Å². The van der Waals surface area contributed by atoms with E-state index in [0.717, 1.165) is 31.4 Å². The molecule has 2 aliphatic rings. The summed E-state index contributed by atoms with van der Waals surface area (Å²) >= 11 is 0. The smallest absolute Gasteiger partial charge is 0.243 e. The number of benzene rings is 1. The van der Waals surface area contributed by atoms with Crippen molar-refractivity contribution in [2.75, 3.05) is 25.5 Å². The average molecular weight is 310 g/mol. The molecule has 1 saturated heterocycles. The molecule has 2 atom stereocenters. The third kappa shape index (κ3) is 2.80. The minimum Gasteiger partial charge on any atom is -0.388 e. The van der Waals surface area contributed by atoms with E-state index in [1.165, 1.54) is 0 Å². The molecule has 0 amide bonds. The molecule has 116 valence electrons. The first-order valence-corrected chi connectivity index (χ1v) is 8.98. The SMILES string of the molecule is CNc1ccc(S(=O)(=O)N2CCOC3CCCCC32)cc1. The largest absolute Gasteiger partial charge is 0.388 e. The quantitative estimate of drug-likeness (QED) is 0.928. The number of fused-ring (bicyclic) bond motifs is 1. The van der Waals surface area contributed by atoms with Crippen LogP contribution in [-0.4, -0.2) is 45.1 Å². The molecule has 1 N–H and O–H groups in total. The first-order valence-electron chi connectivity index (χ1n) is 7.54. The molecule has 1 aliphatic carbocycles. The van der Waals surface area contributed by atoms with Gasteiger partial charge in [-0.3, -0.25) is 0 Å². The lowest BCUT2D eigenvalue weighted by atomic mass is 9.91. The molecule has 1 saturated carbocycles. The summed E-state index contributed by atoms with van der Waals surface area (Å²) in [6.07, 6.45) is 4.15. The van der Waals surface area contributed by atoms with E-state index in [9.17, 15) is 8.42 Å². The van der Waals surface area contributed by atoms with Crippen LogP contribution in [0.3, 0.4) is 0 Å². The van der Waals surface area contributed by atoms with Crippen molar-refractivity contribution in [3.05, 3.63) is 24.3 Å². The van der Waals surface area contributed by atoms with Crippen LogP contribution in [0.25, 0.3) is 0 Å². The monoisotopic (exact) mass is 310 g/mol. The zero-order chi connectivity index (χ0) is 14.9. The predicted octanol–water partition coefficient (Wildman–Crippen LogP) is 2.06. The van der Waals surface area contributed by atoms with Crippen LogP contribution in [0.5, 0.6) is 0 Å². The molecule has 21 heavy (non-hydrogen) atoms. The number of nitrogens with zero attached hydrogens (tertiary/aromatic N) is 1. The van der Waals surface area contributed by atoms with Crippen molar-refractivity contribution in [3.63, 3.8) is 0 Å². The molecule has 1 heterocycles. The molecule has 0 spiro atoms. The summed E-state index contributed by atoms with van der Waals surface area (Å²) in [6.45, 7) is 0.951. The Labute approximate surface area is 126 Å². The molecule has 5 nitrogen and oxygen atoms in total. The van der Waals surface area contributed by atoms with E-state index < -0.39 is 10.0 Å². The van der Waals surface area contributed by atoms with Crippen molar-refractivity contribution < 1.29 is 13.2 Å². The van der Waals surface area contributed by atoms with Gasteiger partial charge in [-0.25, -0.2) is 8.42 Å². The van der Waals surface area contributed by atoms with Gasteiger partial charge in [0.15, 0.2) is 0 Å². The summed E-state index contributed by atoms with van der Waals surface area (Å²) in [4.78, 5) is 0.368. The van der Waals surface area contributed by atoms with Crippen LogP contribution < -0.4 is 5.32 Å². The molecule has 2 unspecified atom stereocenters. The molecule has 0 radical (unpaired) electrons. The fourth-order valence-electron chi connectivity index (χ4n) is 3.29. The highest BCUT2D eigenvalue weighted by molar-refractivity contribution is 7.89. The maximum atomic E-state index is 12.9. The number of nitrogens with one attached hydrogen (secondary N) is 1. The van der Waals surface area contributed by atoms with Crippen molar-refractivity contribution in [2.24, 2.45) is 0 Å². The lowest BCUT2D eigenvalue weighted by Gasteiger charge is -2.42. The lowest BCUT2D eigenvalue weighted by Crippen LogP contribution is -2.54. The first-order chi connectivity index (χ1) is 10.1. The Bertz CT molecular complexity index is 583. The number of morpholine rings is 1. The van der Waals surface area contributed by atoms with E-state index >= 15 is 0 Å². The topological polar surface area (TPSA) is 58.6 Å². The lowest BCUT2D eigenvalue weighted by molar-refractivity contribution is -0.0586. The van der Waals surface area contributed by atoms with Crippen molar-refractivity contribution in [2.45, 2.75) is 42.7 Å². The Morgan fingerprint density at radius 2 is 1.90 bits per heavy atom. The Morgan fingerprint density at radius 3 is 2.62 bits per heavy atom. The molecule has 3 rings (SSSR count). The van der Waals surface area contributed by atoms with Crippen LogP contribution in [0.4, 0.5) is 5.69 Å². The normalized spacial score (nSPS) is 27.1. The van der Waals surface area contributed by atoms with Crippen LogP contribution in [-0.2, 0) is 14.8 Å². The maximum Gasteiger partial charge on any atom is 0.243 e.